The number of carbonyl (C=O) groups is 2. The highest BCUT2D eigenvalue weighted by Crippen LogP contribution is 2.17. The molecule has 352 valence electrons. The molecule has 3 N–H and O–H groups in total. The summed E-state index contributed by atoms with van der Waals surface area (Å²) in [5.74, 6) is -0.511. The molecule has 0 aromatic carbocycles. The molecule has 0 aliphatic rings. The highest BCUT2D eigenvalue weighted by atomic mass is 16.5. The SMILES string of the molecule is CC/C=C/C=C/C=C/CCCCCCCC(CC(=O)NC(CO)C(O)CCCCCCCCCCCC)OC(=O)CCCCCCCC/C=C\C/C=C\C/C=C\CCCCC. The Kier molecular flexibility index (Phi) is 46.2. The number of allylic oxidation sites excluding steroid dienone is 12. The van der Waals surface area contributed by atoms with Gasteiger partial charge in [0.15, 0.2) is 0 Å². The van der Waals surface area contributed by atoms with Crippen molar-refractivity contribution in [3.05, 3.63) is 72.9 Å². The zero-order chi connectivity index (χ0) is 44.5. The summed E-state index contributed by atoms with van der Waals surface area (Å²) in [7, 11) is 0. The van der Waals surface area contributed by atoms with Crippen LogP contribution in [0.1, 0.15) is 239 Å². The molecule has 0 aromatic rings. The molecule has 0 aromatic heterocycles. The van der Waals surface area contributed by atoms with Crippen molar-refractivity contribution in [3.63, 3.8) is 0 Å². The summed E-state index contributed by atoms with van der Waals surface area (Å²) >= 11 is 0. The molecule has 0 bridgehead atoms. The minimum Gasteiger partial charge on any atom is -0.462 e. The lowest BCUT2D eigenvalue weighted by atomic mass is 10.0. The average Bonchev–Trinajstić information content (AvgIpc) is 3.25. The highest BCUT2D eigenvalue weighted by Gasteiger charge is 2.24. The summed E-state index contributed by atoms with van der Waals surface area (Å²) in [5.41, 5.74) is 0. The van der Waals surface area contributed by atoms with Crippen LogP contribution < -0.4 is 5.32 Å². The van der Waals surface area contributed by atoms with Crippen LogP contribution in [0.3, 0.4) is 0 Å². The Labute approximate surface area is 377 Å². The van der Waals surface area contributed by atoms with Crippen molar-refractivity contribution in [1.29, 1.82) is 0 Å². The third-order valence-corrected chi connectivity index (χ3v) is 11.3. The van der Waals surface area contributed by atoms with Crippen molar-refractivity contribution in [3.8, 4) is 0 Å². The van der Waals surface area contributed by atoms with Gasteiger partial charge in [0.25, 0.3) is 0 Å². The number of amides is 1. The average molecular weight is 852 g/mol. The van der Waals surface area contributed by atoms with Crippen molar-refractivity contribution < 1.29 is 24.5 Å². The molecule has 3 unspecified atom stereocenters. The molecule has 0 aliphatic carbocycles. The molecule has 6 heteroatoms. The summed E-state index contributed by atoms with van der Waals surface area (Å²) in [6, 6.07) is -0.713. The van der Waals surface area contributed by atoms with E-state index < -0.39 is 18.2 Å². The van der Waals surface area contributed by atoms with Gasteiger partial charge in [-0.1, -0.05) is 216 Å². The first kappa shape index (κ1) is 58.3. The van der Waals surface area contributed by atoms with E-state index in [0.29, 0.717) is 19.3 Å². The van der Waals surface area contributed by atoms with Gasteiger partial charge >= 0.3 is 5.97 Å². The molecule has 0 rings (SSSR count). The van der Waals surface area contributed by atoms with Gasteiger partial charge in [0.2, 0.25) is 5.91 Å². The van der Waals surface area contributed by atoms with Crippen LogP contribution in [0.4, 0.5) is 0 Å². The van der Waals surface area contributed by atoms with Crippen molar-refractivity contribution in [1.82, 2.24) is 5.32 Å². The number of ether oxygens (including phenoxy) is 1. The van der Waals surface area contributed by atoms with E-state index in [-0.39, 0.29) is 24.9 Å². The van der Waals surface area contributed by atoms with E-state index >= 15 is 0 Å². The largest absolute Gasteiger partial charge is 0.462 e. The fraction of sp³-hybridized carbons (Fsp3) is 0.745. The number of aliphatic hydroxyl groups is 2. The lowest BCUT2D eigenvalue weighted by Crippen LogP contribution is -2.46. The predicted octanol–water partition coefficient (Wildman–Crippen LogP) is 15.4. The van der Waals surface area contributed by atoms with E-state index in [4.69, 9.17) is 4.74 Å². The summed E-state index contributed by atoms with van der Waals surface area (Å²) < 4.78 is 5.92. The van der Waals surface area contributed by atoms with E-state index in [0.717, 1.165) is 103 Å². The van der Waals surface area contributed by atoms with E-state index in [1.54, 1.807) is 0 Å². The van der Waals surface area contributed by atoms with Crippen molar-refractivity contribution >= 4 is 11.9 Å². The fourth-order valence-corrected chi connectivity index (χ4v) is 7.44. The second-order valence-corrected chi connectivity index (χ2v) is 17.2. The molecular weight excluding hydrogens is 755 g/mol. The topological polar surface area (TPSA) is 95.9 Å². The maximum atomic E-state index is 13.2. The molecule has 0 spiro atoms. The summed E-state index contributed by atoms with van der Waals surface area (Å²) in [5, 5.41) is 23.7. The zero-order valence-electron chi connectivity index (χ0n) is 40.0. The van der Waals surface area contributed by atoms with E-state index in [1.165, 1.54) is 89.9 Å². The number of unbranched alkanes of at least 4 members (excludes halogenated alkanes) is 23. The molecule has 61 heavy (non-hydrogen) atoms. The lowest BCUT2D eigenvalue weighted by molar-refractivity contribution is -0.151. The van der Waals surface area contributed by atoms with Crippen molar-refractivity contribution in [2.24, 2.45) is 0 Å². The van der Waals surface area contributed by atoms with Crippen molar-refractivity contribution in [2.75, 3.05) is 6.61 Å². The van der Waals surface area contributed by atoms with Crippen LogP contribution in [-0.4, -0.2) is 46.9 Å². The molecule has 6 nitrogen and oxygen atoms in total. The fourth-order valence-electron chi connectivity index (χ4n) is 7.44. The third-order valence-electron chi connectivity index (χ3n) is 11.3. The smallest absolute Gasteiger partial charge is 0.306 e. The normalized spacial score (nSPS) is 13.9. The number of hydrogen-bond acceptors (Lipinski definition) is 5. The lowest BCUT2D eigenvalue weighted by Gasteiger charge is -2.24. The van der Waals surface area contributed by atoms with Gasteiger partial charge in [-0.25, -0.2) is 0 Å². The molecule has 1 amide bonds. The minimum absolute atomic E-state index is 0.0558. The Balaban J connectivity index is 4.60. The number of hydrogen-bond donors (Lipinski definition) is 3. The Morgan fingerprint density at radius 3 is 1.51 bits per heavy atom. The number of aliphatic hydroxyl groups excluding tert-OH is 2. The zero-order valence-corrected chi connectivity index (χ0v) is 40.0. The van der Waals surface area contributed by atoms with Crippen LogP contribution >= 0.6 is 0 Å². The number of rotatable bonds is 45. The minimum atomic E-state index is -0.797. The van der Waals surface area contributed by atoms with Crippen LogP contribution in [0.5, 0.6) is 0 Å². The Bertz CT molecular complexity index is 1140. The van der Waals surface area contributed by atoms with Crippen LogP contribution in [0.2, 0.25) is 0 Å². The first-order valence-corrected chi connectivity index (χ1v) is 25.7. The number of esters is 1. The second kappa shape index (κ2) is 48.3. The molecule has 0 aliphatic heterocycles. The van der Waals surface area contributed by atoms with E-state index in [2.05, 4.69) is 99.0 Å². The standard InChI is InChI=1S/C55H97NO5/c1-4-7-10-13-16-19-22-24-25-26-27-28-29-31-33-36-39-42-45-48-55(60)61-51(46-43-40-37-34-32-30-23-20-17-14-11-8-5-2)49-54(59)56-52(50-57)53(58)47-44-41-38-35-21-18-15-12-9-6-3/h8,11,14,16-17,19-20,23-25,27-28,51-53,57-58H,4-7,9-10,12-13,15,18,21-22,26,29-50H2,1-3H3,(H,56,59)/b11-8+,17-14+,19-16-,23-20+,25-24-,28-27-. The quantitative estimate of drug-likeness (QED) is 0.0245. The molecule has 0 heterocycles. The number of nitrogens with one attached hydrogen (secondary N) is 1. The Hall–Kier alpha value is -2.70. The van der Waals surface area contributed by atoms with Gasteiger partial charge in [-0.05, 0) is 83.5 Å². The van der Waals surface area contributed by atoms with Crippen LogP contribution in [0, 0.1) is 0 Å². The monoisotopic (exact) mass is 852 g/mol. The van der Waals surface area contributed by atoms with Gasteiger partial charge in [-0.3, -0.25) is 9.59 Å². The van der Waals surface area contributed by atoms with Crippen molar-refractivity contribution in [2.45, 2.75) is 257 Å². The summed E-state index contributed by atoms with van der Waals surface area (Å²) in [6.07, 6.45) is 61.0. The van der Waals surface area contributed by atoms with E-state index in [1.807, 2.05) is 0 Å². The first-order valence-electron chi connectivity index (χ1n) is 25.7. The Morgan fingerprint density at radius 1 is 0.508 bits per heavy atom. The van der Waals surface area contributed by atoms with Gasteiger partial charge < -0.3 is 20.3 Å². The third kappa shape index (κ3) is 43.7. The first-order chi connectivity index (χ1) is 30.0. The van der Waals surface area contributed by atoms with Gasteiger partial charge in [0, 0.05) is 6.42 Å². The molecule has 3 atom stereocenters. The van der Waals surface area contributed by atoms with Gasteiger partial charge in [-0.2, -0.15) is 0 Å². The van der Waals surface area contributed by atoms with Gasteiger partial charge in [0.1, 0.15) is 6.10 Å². The van der Waals surface area contributed by atoms with Gasteiger partial charge in [0.05, 0.1) is 25.2 Å². The van der Waals surface area contributed by atoms with Gasteiger partial charge in [-0.15, -0.1) is 0 Å². The number of carbonyl (C=O) groups excluding carboxylic acids is 2. The highest BCUT2D eigenvalue weighted by molar-refractivity contribution is 5.77. The summed E-state index contributed by atoms with van der Waals surface area (Å²) in [4.78, 5) is 26.1. The van der Waals surface area contributed by atoms with Crippen LogP contribution in [0.25, 0.3) is 0 Å². The molecule has 0 radical (unpaired) electrons. The molecular formula is C55H97NO5. The Morgan fingerprint density at radius 2 is 0.951 bits per heavy atom. The maximum Gasteiger partial charge on any atom is 0.306 e. The molecule has 0 saturated carbocycles. The molecule has 0 fully saturated rings. The van der Waals surface area contributed by atoms with E-state index in [9.17, 15) is 19.8 Å². The summed E-state index contributed by atoms with van der Waals surface area (Å²) in [6.45, 7) is 6.30. The molecule has 0 saturated heterocycles. The van der Waals surface area contributed by atoms with Crippen LogP contribution in [-0.2, 0) is 14.3 Å². The predicted molar refractivity (Wildman–Crippen MR) is 264 cm³/mol. The maximum absolute atomic E-state index is 13.2. The second-order valence-electron chi connectivity index (χ2n) is 17.2. The van der Waals surface area contributed by atoms with Crippen LogP contribution in [0.15, 0.2) is 72.9 Å².